The largest absolute Gasteiger partial charge is 0.240 e. The molecule has 0 spiro atoms. The minimum absolute atomic E-state index is 0.477. The van der Waals surface area contributed by atoms with Crippen LogP contribution in [0.5, 0.6) is 0 Å². The molecule has 4 aliphatic carbocycles. The van der Waals surface area contributed by atoms with Crippen LogP contribution in [-0.4, -0.2) is 4.98 Å². The summed E-state index contributed by atoms with van der Waals surface area (Å²) in [5.41, 5.74) is 4.28. The van der Waals surface area contributed by atoms with Gasteiger partial charge in [0.25, 0.3) is 0 Å². The van der Waals surface area contributed by atoms with Gasteiger partial charge in [-0.15, -0.1) is 11.3 Å². The molecule has 0 amide bonds. The highest BCUT2D eigenvalue weighted by atomic mass is 32.2. The van der Waals surface area contributed by atoms with Gasteiger partial charge in [-0.25, -0.2) is 4.98 Å². The van der Waals surface area contributed by atoms with E-state index < -0.39 is 0 Å². The zero-order valence-electron chi connectivity index (χ0n) is 14.3. The average molecular weight is 367 g/mol. The third-order valence-electron chi connectivity index (χ3n) is 6.62. The Hall–Kier alpha value is -1.31. The molecule has 128 valence electrons. The van der Waals surface area contributed by atoms with Crippen LogP contribution in [0.25, 0.3) is 10.6 Å². The number of hydrogen-bond acceptors (Lipinski definition) is 4. The van der Waals surface area contributed by atoms with Gasteiger partial charge in [0.15, 0.2) is 0 Å². The van der Waals surface area contributed by atoms with Gasteiger partial charge in [-0.2, -0.15) is 5.26 Å². The van der Waals surface area contributed by atoms with Gasteiger partial charge in [-0.3, -0.25) is 0 Å². The molecular formula is C21H22N2S2. The van der Waals surface area contributed by atoms with E-state index in [-0.39, 0.29) is 0 Å². The van der Waals surface area contributed by atoms with E-state index >= 15 is 0 Å². The molecule has 0 radical (unpaired) electrons. The fraction of sp³-hybridized carbons (Fsp3) is 0.524. The summed E-state index contributed by atoms with van der Waals surface area (Å²) >= 11 is 2.94. The molecule has 25 heavy (non-hydrogen) atoms. The third-order valence-corrected chi connectivity index (χ3v) is 8.13. The number of thiocyanates is 1. The lowest BCUT2D eigenvalue weighted by Gasteiger charge is -2.57. The van der Waals surface area contributed by atoms with Crippen molar-refractivity contribution in [3.05, 3.63) is 40.9 Å². The van der Waals surface area contributed by atoms with Crippen LogP contribution in [0.1, 0.15) is 49.8 Å². The fourth-order valence-corrected chi connectivity index (χ4v) is 7.33. The topological polar surface area (TPSA) is 36.7 Å². The summed E-state index contributed by atoms with van der Waals surface area (Å²) in [4.78, 5) is 4.69. The number of nitriles is 1. The molecule has 0 aliphatic heterocycles. The van der Waals surface area contributed by atoms with Crippen molar-refractivity contribution in [1.82, 2.24) is 4.98 Å². The van der Waals surface area contributed by atoms with Gasteiger partial charge >= 0.3 is 0 Å². The van der Waals surface area contributed by atoms with Gasteiger partial charge in [0, 0.05) is 10.9 Å². The van der Waals surface area contributed by atoms with Crippen LogP contribution in [0.15, 0.2) is 29.6 Å². The Balaban J connectivity index is 1.39. The summed E-state index contributed by atoms with van der Waals surface area (Å²) in [5, 5.41) is 14.0. The highest BCUT2D eigenvalue weighted by molar-refractivity contribution is 8.02. The first-order valence-electron chi connectivity index (χ1n) is 9.30. The molecular weight excluding hydrogens is 344 g/mol. The molecule has 4 aliphatic rings. The van der Waals surface area contributed by atoms with E-state index in [1.165, 1.54) is 55.9 Å². The Kier molecular flexibility index (Phi) is 3.91. The van der Waals surface area contributed by atoms with Gasteiger partial charge in [0.1, 0.15) is 10.4 Å². The van der Waals surface area contributed by atoms with Gasteiger partial charge in [-0.1, -0.05) is 24.3 Å². The molecule has 6 rings (SSSR count). The smallest absolute Gasteiger partial charge is 0.133 e. The molecule has 0 N–H and O–H groups in total. The van der Waals surface area contributed by atoms with E-state index in [0.717, 1.165) is 28.5 Å². The Morgan fingerprint density at radius 3 is 2.32 bits per heavy atom. The lowest BCUT2D eigenvalue weighted by atomic mass is 9.48. The van der Waals surface area contributed by atoms with Crippen molar-refractivity contribution >= 4 is 23.1 Å². The molecule has 4 fully saturated rings. The quantitative estimate of drug-likeness (QED) is 0.623. The van der Waals surface area contributed by atoms with Crippen molar-refractivity contribution in [2.75, 3.05) is 0 Å². The normalized spacial score (nSPS) is 32.7. The minimum atomic E-state index is 0.477. The molecule has 4 saturated carbocycles. The first-order chi connectivity index (χ1) is 12.2. The first-order valence-corrected chi connectivity index (χ1v) is 11.2. The van der Waals surface area contributed by atoms with Crippen molar-refractivity contribution in [3.63, 3.8) is 0 Å². The van der Waals surface area contributed by atoms with E-state index in [1.54, 1.807) is 16.9 Å². The third kappa shape index (κ3) is 2.82. The molecule has 0 atom stereocenters. The van der Waals surface area contributed by atoms with Crippen molar-refractivity contribution < 1.29 is 0 Å². The van der Waals surface area contributed by atoms with Crippen LogP contribution in [0.4, 0.5) is 0 Å². The van der Waals surface area contributed by atoms with Crippen molar-refractivity contribution in [1.29, 1.82) is 5.26 Å². The number of aromatic nitrogens is 1. The Bertz CT molecular complexity index is 780. The van der Waals surface area contributed by atoms with E-state index in [0.29, 0.717) is 11.2 Å². The van der Waals surface area contributed by atoms with Crippen LogP contribution >= 0.6 is 23.1 Å². The predicted molar refractivity (Wildman–Crippen MR) is 104 cm³/mol. The van der Waals surface area contributed by atoms with Gasteiger partial charge in [0.2, 0.25) is 0 Å². The molecule has 1 aromatic carbocycles. The lowest BCUT2D eigenvalue weighted by molar-refractivity contribution is -0.00518. The van der Waals surface area contributed by atoms with E-state index in [1.807, 2.05) is 0 Å². The molecule has 1 heterocycles. The van der Waals surface area contributed by atoms with E-state index in [9.17, 15) is 0 Å². The maximum absolute atomic E-state index is 8.69. The fourth-order valence-electron chi connectivity index (χ4n) is 6.04. The SMILES string of the molecule is N#CSCc1csc(-c2ccc(C34CC5CC(CC(C5)C3)C4)cc2)n1. The highest BCUT2D eigenvalue weighted by Gasteiger charge is 2.51. The summed E-state index contributed by atoms with van der Waals surface area (Å²) in [6.45, 7) is 0. The van der Waals surface area contributed by atoms with Gasteiger partial charge in [0.05, 0.1) is 11.4 Å². The Labute approximate surface area is 157 Å². The molecule has 4 heteroatoms. The van der Waals surface area contributed by atoms with Crippen molar-refractivity contribution in [3.8, 4) is 16.0 Å². The average Bonchev–Trinajstić information content (AvgIpc) is 3.08. The second kappa shape index (κ2) is 6.14. The Morgan fingerprint density at radius 1 is 1.08 bits per heavy atom. The summed E-state index contributed by atoms with van der Waals surface area (Å²) in [7, 11) is 0. The van der Waals surface area contributed by atoms with E-state index in [4.69, 9.17) is 5.26 Å². The van der Waals surface area contributed by atoms with Crippen LogP contribution in [0, 0.1) is 28.4 Å². The lowest BCUT2D eigenvalue weighted by Crippen LogP contribution is -2.48. The zero-order valence-corrected chi connectivity index (χ0v) is 15.9. The molecule has 2 nitrogen and oxygen atoms in total. The predicted octanol–water partition coefficient (Wildman–Crippen LogP) is 5.99. The van der Waals surface area contributed by atoms with E-state index in [2.05, 4.69) is 40.0 Å². The van der Waals surface area contributed by atoms with Crippen molar-refractivity contribution in [2.24, 2.45) is 17.8 Å². The Morgan fingerprint density at radius 2 is 1.72 bits per heavy atom. The summed E-state index contributed by atoms with van der Waals surface area (Å²) in [6, 6.07) is 9.31. The number of benzene rings is 1. The first kappa shape index (κ1) is 15.9. The van der Waals surface area contributed by atoms with Gasteiger partial charge in [-0.05, 0) is 79.0 Å². The standard InChI is InChI=1S/C21H22N2S2/c22-13-24-11-19-12-25-20(23-19)17-1-3-18(4-2-17)21-8-14-5-15(9-21)7-16(6-14)10-21/h1-4,12,14-16H,5-11H2. The zero-order chi connectivity index (χ0) is 16.9. The summed E-state index contributed by atoms with van der Waals surface area (Å²) in [5.74, 6) is 3.65. The molecule has 4 bridgehead atoms. The van der Waals surface area contributed by atoms with Crippen LogP contribution in [0.3, 0.4) is 0 Å². The number of thioether (sulfide) groups is 1. The highest BCUT2D eigenvalue weighted by Crippen LogP contribution is 2.60. The molecule has 0 saturated heterocycles. The number of hydrogen-bond donors (Lipinski definition) is 0. The monoisotopic (exact) mass is 366 g/mol. The van der Waals surface area contributed by atoms with Crippen LogP contribution < -0.4 is 0 Å². The van der Waals surface area contributed by atoms with Crippen LogP contribution in [-0.2, 0) is 11.2 Å². The number of nitrogens with zero attached hydrogens (tertiary/aromatic N) is 2. The number of thiazole rings is 1. The maximum Gasteiger partial charge on any atom is 0.133 e. The van der Waals surface area contributed by atoms with Crippen molar-refractivity contribution in [2.45, 2.75) is 49.7 Å². The molecule has 2 aromatic rings. The molecule has 1 aromatic heterocycles. The van der Waals surface area contributed by atoms with Gasteiger partial charge < -0.3 is 0 Å². The minimum Gasteiger partial charge on any atom is -0.240 e. The summed E-state index contributed by atoms with van der Waals surface area (Å²) in [6.07, 6.45) is 8.77. The summed E-state index contributed by atoms with van der Waals surface area (Å²) < 4.78 is 0. The second-order valence-electron chi connectivity index (χ2n) is 8.30. The maximum atomic E-state index is 8.69. The molecule has 0 unspecified atom stereocenters. The second-order valence-corrected chi connectivity index (χ2v) is 9.92. The number of rotatable bonds is 4. The van der Waals surface area contributed by atoms with Crippen LogP contribution in [0.2, 0.25) is 0 Å².